The Hall–Kier alpha value is -2.40. The fraction of sp³-hybridized carbons (Fsp3) is 0.250. The summed E-state index contributed by atoms with van der Waals surface area (Å²) < 4.78 is 0. The van der Waals surface area contributed by atoms with Crippen molar-refractivity contribution in [1.82, 2.24) is 10.8 Å². The second-order valence-electron chi connectivity index (χ2n) is 4.81. The third kappa shape index (κ3) is 4.29. The van der Waals surface area contributed by atoms with Gasteiger partial charge >= 0.3 is 0 Å². The van der Waals surface area contributed by atoms with Gasteiger partial charge in [0, 0.05) is 18.5 Å². The number of fused-ring (bicyclic) bond motifs is 1. The van der Waals surface area contributed by atoms with Crippen LogP contribution >= 0.6 is 0 Å². The second kappa shape index (κ2) is 7.40. The number of benzene rings is 2. The Morgan fingerprint density at radius 3 is 2.52 bits per heavy atom. The lowest BCUT2D eigenvalue weighted by Crippen LogP contribution is -2.25. The van der Waals surface area contributed by atoms with Crippen molar-refractivity contribution in [3.05, 3.63) is 48.0 Å². The molecule has 0 aliphatic rings. The first-order valence-electron chi connectivity index (χ1n) is 6.90. The molecule has 2 aromatic rings. The number of nitrogens with one attached hydrogen (secondary N) is 2. The normalized spacial score (nSPS) is 10.3. The summed E-state index contributed by atoms with van der Waals surface area (Å²) >= 11 is 0. The van der Waals surface area contributed by atoms with Crippen molar-refractivity contribution in [2.45, 2.75) is 19.3 Å². The largest absolute Gasteiger partial charge is 0.352 e. The van der Waals surface area contributed by atoms with Crippen LogP contribution in [-0.2, 0) is 4.79 Å². The highest BCUT2D eigenvalue weighted by molar-refractivity contribution is 5.98. The summed E-state index contributed by atoms with van der Waals surface area (Å²) in [6, 6.07) is 13.5. The summed E-state index contributed by atoms with van der Waals surface area (Å²) in [6.45, 7) is 0.504. The molecule has 0 aliphatic carbocycles. The number of rotatable bonds is 6. The Morgan fingerprint density at radius 1 is 1.00 bits per heavy atom. The first-order valence-corrected chi connectivity index (χ1v) is 6.90. The second-order valence-corrected chi connectivity index (χ2v) is 4.81. The summed E-state index contributed by atoms with van der Waals surface area (Å²) in [4.78, 5) is 22.8. The standard InChI is InChI=1S/C16H18N2O3/c19-15(18-21)7-3-4-10-17-16(20)14-9-8-12-5-1-2-6-13(12)11-14/h1-2,5-6,8-9,11,21H,3-4,7,10H2,(H,17,20)(H,18,19). The minimum Gasteiger partial charge on any atom is -0.352 e. The summed E-state index contributed by atoms with van der Waals surface area (Å²) in [6.07, 6.45) is 1.56. The number of unbranched alkanes of at least 4 members (excludes halogenated alkanes) is 1. The highest BCUT2D eigenvalue weighted by atomic mass is 16.5. The van der Waals surface area contributed by atoms with Gasteiger partial charge in [0.15, 0.2) is 0 Å². The Bertz CT molecular complexity index is 640. The Balaban J connectivity index is 1.83. The summed E-state index contributed by atoms with van der Waals surface area (Å²) in [5.41, 5.74) is 2.21. The molecule has 5 heteroatoms. The lowest BCUT2D eigenvalue weighted by molar-refractivity contribution is -0.129. The monoisotopic (exact) mass is 286 g/mol. The van der Waals surface area contributed by atoms with E-state index in [0.717, 1.165) is 10.8 Å². The van der Waals surface area contributed by atoms with Gasteiger partial charge in [0.2, 0.25) is 5.91 Å². The van der Waals surface area contributed by atoms with Crippen LogP contribution in [0.2, 0.25) is 0 Å². The molecule has 0 aromatic heterocycles. The van der Waals surface area contributed by atoms with Crippen molar-refractivity contribution in [2.24, 2.45) is 0 Å². The zero-order chi connectivity index (χ0) is 15.1. The van der Waals surface area contributed by atoms with E-state index in [1.807, 2.05) is 36.4 Å². The van der Waals surface area contributed by atoms with Crippen LogP contribution in [0.15, 0.2) is 42.5 Å². The van der Waals surface area contributed by atoms with E-state index >= 15 is 0 Å². The minimum absolute atomic E-state index is 0.118. The molecule has 0 saturated heterocycles. The molecule has 21 heavy (non-hydrogen) atoms. The van der Waals surface area contributed by atoms with Gasteiger partial charge in [0.05, 0.1) is 0 Å². The maximum atomic E-state index is 12.0. The molecule has 3 N–H and O–H groups in total. The van der Waals surface area contributed by atoms with Crippen LogP contribution in [0.4, 0.5) is 0 Å². The van der Waals surface area contributed by atoms with E-state index in [9.17, 15) is 9.59 Å². The van der Waals surface area contributed by atoms with Gasteiger partial charge in [-0.15, -0.1) is 0 Å². The first-order chi connectivity index (χ1) is 10.2. The molecule has 2 rings (SSSR count). The molecule has 110 valence electrons. The van der Waals surface area contributed by atoms with E-state index in [-0.39, 0.29) is 12.3 Å². The highest BCUT2D eigenvalue weighted by Gasteiger charge is 2.06. The molecule has 0 heterocycles. The molecule has 0 fully saturated rings. The summed E-state index contributed by atoms with van der Waals surface area (Å²) in [5.74, 6) is -0.525. The van der Waals surface area contributed by atoms with Crippen LogP contribution in [0, 0.1) is 0 Å². The van der Waals surface area contributed by atoms with Crippen LogP contribution in [0.3, 0.4) is 0 Å². The van der Waals surface area contributed by atoms with Gasteiger partial charge in [-0.3, -0.25) is 14.8 Å². The zero-order valence-corrected chi connectivity index (χ0v) is 11.6. The Labute approximate surface area is 122 Å². The van der Waals surface area contributed by atoms with Gasteiger partial charge in [-0.1, -0.05) is 30.3 Å². The molecule has 2 amide bonds. The number of carbonyl (C=O) groups is 2. The molecule has 0 unspecified atom stereocenters. The third-order valence-electron chi connectivity index (χ3n) is 3.25. The van der Waals surface area contributed by atoms with Crippen molar-refractivity contribution in [3.8, 4) is 0 Å². The van der Waals surface area contributed by atoms with Crippen molar-refractivity contribution in [3.63, 3.8) is 0 Å². The van der Waals surface area contributed by atoms with E-state index in [0.29, 0.717) is 24.9 Å². The lowest BCUT2D eigenvalue weighted by atomic mass is 10.1. The third-order valence-corrected chi connectivity index (χ3v) is 3.25. The number of hydrogen-bond acceptors (Lipinski definition) is 3. The molecule has 0 atom stereocenters. The molecule has 0 saturated carbocycles. The molecule has 5 nitrogen and oxygen atoms in total. The zero-order valence-electron chi connectivity index (χ0n) is 11.6. The molecule has 0 aliphatic heterocycles. The Kier molecular flexibility index (Phi) is 5.29. The average Bonchev–Trinajstić information content (AvgIpc) is 2.53. The molecular formula is C16H18N2O3. The van der Waals surface area contributed by atoms with Crippen molar-refractivity contribution in [1.29, 1.82) is 0 Å². The van der Waals surface area contributed by atoms with Gasteiger partial charge in [-0.05, 0) is 35.7 Å². The van der Waals surface area contributed by atoms with Gasteiger partial charge in [0.1, 0.15) is 0 Å². The predicted molar refractivity (Wildman–Crippen MR) is 80.1 cm³/mol. The van der Waals surface area contributed by atoms with E-state index in [2.05, 4.69) is 5.32 Å². The smallest absolute Gasteiger partial charge is 0.251 e. The van der Waals surface area contributed by atoms with E-state index in [1.165, 1.54) is 0 Å². The molecule has 2 aromatic carbocycles. The fourth-order valence-corrected chi connectivity index (χ4v) is 2.10. The minimum atomic E-state index is -0.407. The maximum absolute atomic E-state index is 12.0. The van der Waals surface area contributed by atoms with Gasteiger partial charge in [-0.2, -0.15) is 0 Å². The van der Waals surface area contributed by atoms with Crippen LogP contribution in [0.25, 0.3) is 10.8 Å². The molecular weight excluding hydrogens is 268 g/mol. The van der Waals surface area contributed by atoms with Gasteiger partial charge < -0.3 is 5.32 Å². The number of amides is 2. The van der Waals surface area contributed by atoms with Crippen molar-refractivity contribution >= 4 is 22.6 Å². The SMILES string of the molecule is O=C(CCCCNC(=O)c1ccc2ccccc2c1)NO. The van der Waals surface area contributed by atoms with Crippen LogP contribution in [0.5, 0.6) is 0 Å². The van der Waals surface area contributed by atoms with E-state index in [4.69, 9.17) is 5.21 Å². The van der Waals surface area contributed by atoms with Crippen molar-refractivity contribution < 1.29 is 14.8 Å². The molecule has 0 spiro atoms. The summed E-state index contributed by atoms with van der Waals surface area (Å²) in [7, 11) is 0. The molecule has 0 radical (unpaired) electrons. The van der Waals surface area contributed by atoms with E-state index in [1.54, 1.807) is 11.5 Å². The highest BCUT2D eigenvalue weighted by Crippen LogP contribution is 2.15. The average molecular weight is 286 g/mol. The van der Waals surface area contributed by atoms with Crippen molar-refractivity contribution in [2.75, 3.05) is 6.54 Å². The quantitative estimate of drug-likeness (QED) is 0.433. The maximum Gasteiger partial charge on any atom is 0.251 e. The summed E-state index contributed by atoms with van der Waals surface area (Å²) in [5, 5.41) is 13.3. The lowest BCUT2D eigenvalue weighted by Gasteiger charge is -2.06. The van der Waals surface area contributed by atoms with Crippen LogP contribution in [-0.4, -0.2) is 23.6 Å². The number of hydroxylamine groups is 1. The van der Waals surface area contributed by atoms with Crippen LogP contribution < -0.4 is 10.8 Å². The Morgan fingerprint density at radius 2 is 1.76 bits per heavy atom. The van der Waals surface area contributed by atoms with E-state index < -0.39 is 5.91 Å². The number of hydrogen-bond donors (Lipinski definition) is 3. The number of carbonyl (C=O) groups excluding carboxylic acids is 2. The fourth-order valence-electron chi connectivity index (χ4n) is 2.10. The predicted octanol–water partition coefficient (Wildman–Crippen LogP) is 2.25. The first kappa shape index (κ1) is 15.0. The van der Waals surface area contributed by atoms with Gasteiger partial charge in [0.25, 0.3) is 5.91 Å². The topological polar surface area (TPSA) is 78.4 Å². The van der Waals surface area contributed by atoms with Gasteiger partial charge in [-0.25, -0.2) is 5.48 Å². The van der Waals surface area contributed by atoms with Crippen LogP contribution in [0.1, 0.15) is 29.6 Å². The molecule has 0 bridgehead atoms.